The van der Waals surface area contributed by atoms with E-state index in [0.717, 1.165) is 38.6 Å². The summed E-state index contributed by atoms with van der Waals surface area (Å²) < 4.78 is 5.90. The smallest absolute Gasteiger partial charge is 0.0599 e. The van der Waals surface area contributed by atoms with Gasteiger partial charge in [-0.25, -0.2) is 0 Å². The van der Waals surface area contributed by atoms with Crippen LogP contribution in [-0.2, 0) is 4.74 Å². The molecule has 2 fully saturated rings. The highest BCUT2D eigenvalue weighted by Crippen LogP contribution is 2.51. The number of piperidine rings is 1. The van der Waals surface area contributed by atoms with Crippen molar-refractivity contribution in [3.05, 3.63) is 0 Å². The van der Waals surface area contributed by atoms with E-state index in [4.69, 9.17) is 4.74 Å². The Morgan fingerprint density at radius 1 is 1.28 bits per heavy atom. The van der Waals surface area contributed by atoms with Gasteiger partial charge in [-0.2, -0.15) is 0 Å². The van der Waals surface area contributed by atoms with Crippen molar-refractivity contribution >= 4 is 0 Å². The third-order valence-electron chi connectivity index (χ3n) is 4.73. The van der Waals surface area contributed by atoms with Crippen LogP contribution >= 0.6 is 0 Å². The summed E-state index contributed by atoms with van der Waals surface area (Å²) in [6.45, 7) is 10.2. The number of rotatable bonds is 8. The van der Waals surface area contributed by atoms with E-state index in [-0.39, 0.29) is 0 Å². The molecule has 1 saturated carbocycles. The van der Waals surface area contributed by atoms with E-state index in [0.29, 0.717) is 11.5 Å². The fourth-order valence-electron chi connectivity index (χ4n) is 2.87. The van der Waals surface area contributed by atoms with Gasteiger partial charge in [0.05, 0.1) is 6.10 Å². The van der Waals surface area contributed by atoms with Gasteiger partial charge in [-0.15, -0.1) is 0 Å². The predicted molar refractivity (Wildman–Crippen MR) is 75.8 cm³/mol. The van der Waals surface area contributed by atoms with Gasteiger partial charge in [-0.05, 0) is 63.1 Å². The largest absolute Gasteiger partial charge is 0.378 e. The van der Waals surface area contributed by atoms with Gasteiger partial charge >= 0.3 is 0 Å². The molecule has 1 saturated heterocycles. The van der Waals surface area contributed by atoms with Crippen LogP contribution in [0.2, 0.25) is 0 Å². The van der Waals surface area contributed by atoms with Crippen molar-refractivity contribution in [2.75, 3.05) is 32.8 Å². The van der Waals surface area contributed by atoms with Crippen LogP contribution in [0.4, 0.5) is 0 Å². The normalized spacial score (nSPS) is 23.5. The third kappa shape index (κ3) is 4.22. The zero-order valence-electron chi connectivity index (χ0n) is 12.1. The second-order valence-electron chi connectivity index (χ2n) is 6.37. The summed E-state index contributed by atoms with van der Waals surface area (Å²) in [5.41, 5.74) is 0.635. The Kier molecular flexibility index (Phi) is 5.46. The first-order chi connectivity index (χ1) is 8.73. The maximum Gasteiger partial charge on any atom is 0.0599 e. The van der Waals surface area contributed by atoms with Crippen molar-refractivity contribution < 1.29 is 4.74 Å². The molecule has 1 aliphatic carbocycles. The number of nitrogens with one attached hydrogen (secondary N) is 2. The van der Waals surface area contributed by atoms with Crippen molar-refractivity contribution in [2.45, 2.75) is 52.1 Å². The first-order valence-corrected chi connectivity index (χ1v) is 7.76. The van der Waals surface area contributed by atoms with Crippen molar-refractivity contribution in [2.24, 2.45) is 11.3 Å². The molecular weight excluding hydrogens is 224 g/mol. The van der Waals surface area contributed by atoms with Crippen LogP contribution in [0.5, 0.6) is 0 Å². The van der Waals surface area contributed by atoms with E-state index in [2.05, 4.69) is 24.5 Å². The molecule has 2 N–H and O–H groups in total. The summed E-state index contributed by atoms with van der Waals surface area (Å²) in [6.07, 6.45) is 6.87. The monoisotopic (exact) mass is 254 g/mol. The average molecular weight is 254 g/mol. The van der Waals surface area contributed by atoms with Gasteiger partial charge in [-0.3, -0.25) is 0 Å². The van der Waals surface area contributed by atoms with E-state index in [1.165, 1.54) is 32.2 Å². The number of hydrogen-bond donors (Lipinski definition) is 2. The molecular formula is C15H30N2O. The second-order valence-corrected chi connectivity index (χ2v) is 6.37. The van der Waals surface area contributed by atoms with E-state index in [1.807, 2.05) is 0 Å². The molecule has 2 rings (SSSR count). The third-order valence-corrected chi connectivity index (χ3v) is 4.73. The fraction of sp³-hybridized carbons (Fsp3) is 1.00. The molecule has 106 valence electrons. The zero-order chi connectivity index (χ0) is 12.8. The van der Waals surface area contributed by atoms with Crippen LogP contribution in [0.1, 0.15) is 46.0 Å². The second kappa shape index (κ2) is 6.88. The molecule has 0 aromatic heterocycles. The molecule has 0 bridgehead atoms. The molecule has 0 aromatic rings. The lowest BCUT2D eigenvalue weighted by molar-refractivity contribution is 0.0316. The standard InChI is InChI=1S/C15H30N2O/c1-13(2)15(6-7-15)12-17-8-3-11-18-14-4-9-16-10-5-14/h13-14,16-17H,3-12H2,1-2H3. The minimum atomic E-state index is 0.511. The van der Waals surface area contributed by atoms with Gasteiger partial charge in [0.15, 0.2) is 0 Å². The molecule has 1 heterocycles. The fourth-order valence-corrected chi connectivity index (χ4v) is 2.87. The highest BCUT2D eigenvalue weighted by atomic mass is 16.5. The molecule has 0 atom stereocenters. The Morgan fingerprint density at radius 2 is 2.00 bits per heavy atom. The van der Waals surface area contributed by atoms with Gasteiger partial charge in [0.1, 0.15) is 0 Å². The molecule has 0 amide bonds. The Hall–Kier alpha value is -0.120. The lowest BCUT2D eigenvalue weighted by Gasteiger charge is -2.23. The van der Waals surface area contributed by atoms with Crippen LogP contribution in [0, 0.1) is 11.3 Å². The Morgan fingerprint density at radius 3 is 2.61 bits per heavy atom. The summed E-state index contributed by atoms with van der Waals surface area (Å²) in [4.78, 5) is 0. The molecule has 0 unspecified atom stereocenters. The van der Waals surface area contributed by atoms with Crippen LogP contribution in [0.15, 0.2) is 0 Å². The molecule has 3 nitrogen and oxygen atoms in total. The summed E-state index contributed by atoms with van der Waals surface area (Å²) in [5, 5.41) is 6.98. The molecule has 2 aliphatic rings. The molecule has 18 heavy (non-hydrogen) atoms. The lowest BCUT2D eigenvalue weighted by Crippen LogP contribution is -2.33. The molecule has 0 spiro atoms. The molecule has 0 radical (unpaired) electrons. The SMILES string of the molecule is CC(C)C1(CNCCCOC2CCNCC2)CC1. The van der Waals surface area contributed by atoms with E-state index in [1.54, 1.807) is 0 Å². The highest BCUT2D eigenvalue weighted by Gasteiger charge is 2.44. The van der Waals surface area contributed by atoms with Gasteiger partial charge in [-0.1, -0.05) is 13.8 Å². The van der Waals surface area contributed by atoms with Crippen LogP contribution in [-0.4, -0.2) is 38.9 Å². The van der Waals surface area contributed by atoms with Gasteiger partial charge in [0, 0.05) is 13.2 Å². The van der Waals surface area contributed by atoms with Crippen molar-refractivity contribution in [3.8, 4) is 0 Å². The first-order valence-electron chi connectivity index (χ1n) is 7.76. The molecule has 3 heteroatoms. The number of hydrogen-bond acceptors (Lipinski definition) is 3. The van der Waals surface area contributed by atoms with Gasteiger partial charge in [0.25, 0.3) is 0 Å². The van der Waals surface area contributed by atoms with Crippen LogP contribution < -0.4 is 10.6 Å². The van der Waals surface area contributed by atoms with Gasteiger partial charge < -0.3 is 15.4 Å². The minimum Gasteiger partial charge on any atom is -0.378 e. The van der Waals surface area contributed by atoms with E-state index >= 15 is 0 Å². The predicted octanol–water partition coefficient (Wildman–Crippen LogP) is 2.17. The molecule has 1 aliphatic heterocycles. The summed E-state index contributed by atoms with van der Waals surface area (Å²) >= 11 is 0. The Bertz CT molecular complexity index is 233. The van der Waals surface area contributed by atoms with Crippen molar-refractivity contribution in [1.29, 1.82) is 0 Å². The number of ether oxygens (including phenoxy) is 1. The summed E-state index contributed by atoms with van der Waals surface area (Å²) in [5.74, 6) is 0.830. The Balaban J connectivity index is 1.44. The molecule has 0 aromatic carbocycles. The lowest BCUT2D eigenvalue weighted by atomic mass is 9.92. The maximum atomic E-state index is 5.90. The van der Waals surface area contributed by atoms with E-state index in [9.17, 15) is 0 Å². The Labute approximate surface area is 112 Å². The zero-order valence-corrected chi connectivity index (χ0v) is 12.1. The topological polar surface area (TPSA) is 33.3 Å². The first kappa shape index (κ1) is 14.3. The van der Waals surface area contributed by atoms with Crippen LogP contribution in [0.25, 0.3) is 0 Å². The summed E-state index contributed by atoms with van der Waals surface area (Å²) in [7, 11) is 0. The minimum absolute atomic E-state index is 0.511. The quantitative estimate of drug-likeness (QED) is 0.651. The van der Waals surface area contributed by atoms with Crippen molar-refractivity contribution in [1.82, 2.24) is 10.6 Å². The summed E-state index contributed by atoms with van der Waals surface area (Å²) in [6, 6.07) is 0. The maximum absolute atomic E-state index is 5.90. The van der Waals surface area contributed by atoms with E-state index < -0.39 is 0 Å². The highest BCUT2D eigenvalue weighted by molar-refractivity contribution is 4.96. The van der Waals surface area contributed by atoms with Gasteiger partial charge in [0.2, 0.25) is 0 Å². The van der Waals surface area contributed by atoms with Crippen LogP contribution in [0.3, 0.4) is 0 Å². The average Bonchev–Trinajstić information content (AvgIpc) is 3.16. The van der Waals surface area contributed by atoms with Crippen molar-refractivity contribution in [3.63, 3.8) is 0 Å².